The lowest BCUT2D eigenvalue weighted by Gasteiger charge is -2.29. The number of fused-ring (bicyclic) bond motifs is 3. The number of benzene rings is 2. The highest BCUT2D eigenvalue weighted by molar-refractivity contribution is 9.10. The number of nitrogens with one attached hydrogen (secondary N) is 2. The molecule has 1 amide bonds. The molecule has 0 aliphatic carbocycles. The summed E-state index contributed by atoms with van der Waals surface area (Å²) < 4.78 is 6.46. The van der Waals surface area contributed by atoms with Crippen molar-refractivity contribution in [2.24, 2.45) is 0 Å². The van der Waals surface area contributed by atoms with Crippen LogP contribution in [0.4, 0.5) is 5.00 Å². The molecule has 0 saturated heterocycles. The predicted octanol–water partition coefficient (Wildman–Crippen LogP) is 4.93. The van der Waals surface area contributed by atoms with Gasteiger partial charge in [-0.3, -0.25) is 9.69 Å². The summed E-state index contributed by atoms with van der Waals surface area (Å²) in [7, 11) is 1.65. The molecule has 0 spiro atoms. The molecule has 0 unspecified atom stereocenters. The summed E-state index contributed by atoms with van der Waals surface area (Å²) in [6.07, 6.45) is 0.575. The number of nitrogens with zero attached hydrogens (tertiary/aromatic N) is 1. The summed E-state index contributed by atoms with van der Waals surface area (Å²) in [6, 6.07) is 16.4. The van der Waals surface area contributed by atoms with E-state index in [-0.39, 0.29) is 12.1 Å². The van der Waals surface area contributed by atoms with Crippen molar-refractivity contribution in [3.05, 3.63) is 80.1 Å². The number of methoxy groups -OCH3 is 1. The Kier molecular flexibility index (Phi) is 5.26. The van der Waals surface area contributed by atoms with Crippen LogP contribution in [0.5, 0.6) is 5.75 Å². The fourth-order valence-corrected chi connectivity index (χ4v) is 5.93. The normalized spacial score (nSPS) is 18.2. The molecule has 2 N–H and O–H groups in total. The Morgan fingerprint density at radius 1 is 1.20 bits per heavy atom. The van der Waals surface area contributed by atoms with E-state index in [0.717, 1.165) is 52.4 Å². The number of halogens is 1. The van der Waals surface area contributed by atoms with Crippen LogP contribution < -0.4 is 15.4 Å². The number of carbonyl (C=O) groups is 1. The minimum atomic E-state index is -0.321. The monoisotopic (exact) mass is 483 g/mol. The largest absolute Gasteiger partial charge is 0.496 e. The third kappa shape index (κ3) is 3.62. The fourth-order valence-electron chi connectivity index (χ4n) is 4.23. The van der Waals surface area contributed by atoms with Gasteiger partial charge < -0.3 is 15.4 Å². The van der Waals surface area contributed by atoms with E-state index in [1.54, 1.807) is 18.4 Å². The van der Waals surface area contributed by atoms with Gasteiger partial charge >= 0.3 is 0 Å². The van der Waals surface area contributed by atoms with E-state index in [2.05, 4.69) is 55.7 Å². The molecule has 0 bridgehead atoms. The molecule has 5 nitrogen and oxygen atoms in total. The molecule has 3 heterocycles. The van der Waals surface area contributed by atoms with Gasteiger partial charge in [-0.05, 0) is 35.7 Å². The van der Waals surface area contributed by atoms with Gasteiger partial charge in [-0.1, -0.05) is 46.3 Å². The summed E-state index contributed by atoms with van der Waals surface area (Å²) in [4.78, 5) is 16.8. The third-order valence-electron chi connectivity index (χ3n) is 5.67. The van der Waals surface area contributed by atoms with Crippen molar-refractivity contribution in [2.45, 2.75) is 25.7 Å². The zero-order valence-electron chi connectivity index (χ0n) is 16.6. The molecule has 0 radical (unpaired) electrons. The molecule has 2 aliphatic heterocycles. The van der Waals surface area contributed by atoms with Crippen LogP contribution in [0.15, 0.2) is 53.0 Å². The van der Waals surface area contributed by atoms with Crippen LogP contribution in [0.3, 0.4) is 0 Å². The lowest BCUT2D eigenvalue weighted by atomic mass is 10.00. The molecule has 0 saturated carbocycles. The number of carbonyl (C=O) groups excluding carboxylic acids is 1. The number of thiophene rings is 1. The molecule has 1 aromatic heterocycles. The maximum atomic E-state index is 13.0. The second-order valence-electron chi connectivity index (χ2n) is 7.59. The van der Waals surface area contributed by atoms with Crippen molar-refractivity contribution in [1.82, 2.24) is 10.2 Å². The molecule has 30 heavy (non-hydrogen) atoms. The highest BCUT2D eigenvalue weighted by atomic mass is 79.9. The van der Waals surface area contributed by atoms with E-state index < -0.39 is 0 Å². The SMILES string of the molecule is COc1ccc(Br)cc1[C@H]1NC(=O)c2c(sc3c2CCN(Cc2ccccc2)C3)N1. The Hall–Kier alpha value is -2.35. The lowest BCUT2D eigenvalue weighted by Crippen LogP contribution is -2.39. The van der Waals surface area contributed by atoms with Crippen LogP contribution >= 0.6 is 27.3 Å². The third-order valence-corrected chi connectivity index (χ3v) is 7.31. The minimum Gasteiger partial charge on any atom is -0.496 e. The van der Waals surface area contributed by atoms with E-state index in [1.807, 2.05) is 24.3 Å². The molecule has 1 atom stereocenters. The lowest BCUT2D eigenvalue weighted by molar-refractivity contribution is 0.0934. The van der Waals surface area contributed by atoms with Crippen molar-refractivity contribution in [2.75, 3.05) is 19.0 Å². The Labute approximate surface area is 188 Å². The van der Waals surface area contributed by atoms with E-state index in [4.69, 9.17) is 4.74 Å². The van der Waals surface area contributed by atoms with Gasteiger partial charge in [0.15, 0.2) is 0 Å². The zero-order chi connectivity index (χ0) is 20.7. The number of anilines is 1. The van der Waals surface area contributed by atoms with Crippen LogP contribution in [0, 0.1) is 0 Å². The van der Waals surface area contributed by atoms with E-state index in [9.17, 15) is 4.79 Å². The number of hydrogen-bond acceptors (Lipinski definition) is 5. The molecular formula is C23H22BrN3O2S. The van der Waals surface area contributed by atoms with Crippen molar-refractivity contribution in [1.29, 1.82) is 0 Å². The molecule has 2 aromatic carbocycles. The first kappa shape index (κ1) is 19.6. The van der Waals surface area contributed by atoms with Gasteiger partial charge in [0.05, 0.1) is 12.7 Å². The highest BCUT2D eigenvalue weighted by Gasteiger charge is 2.34. The van der Waals surface area contributed by atoms with E-state index in [0.29, 0.717) is 0 Å². The van der Waals surface area contributed by atoms with Crippen molar-refractivity contribution in [3.8, 4) is 5.75 Å². The average molecular weight is 484 g/mol. The van der Waals surface area contributed by atoms with Crippen LogP contribution in [-0.2, 0) is 19.5 Å². The van der Waals surface area contributed by atoms with Crippen molar-refractivity contribution >= 4 is 38.2 Å². The molecule has 5 rings (SSSR count). The van der Waals surface area contributed by atoms with Crippen LogP contribution in [0.25, 0.3) is 0 Å². The fraction of sp³-hybridized carbons (Fsp3) is 0.261. The van der Waals surface area contributed by atoms with Crippen molar-refractivity contribution < 1.29 is 9.53 Å². The summed E-state index contributed by atoms with van der Waals surface area (Å²) >= 11 is 5.23. The van der Waals surface area contributed by atoms with Crippen molar-refractivity contribution in [3.63, 3.8) is 0 Å². The Bertz CT molecular complexity index is 1100. The van der Waals surface area contributed by atoms with Crippen LogP contribution in [0.1, 0.15) is 38.1 Å². The minimum absolute atomic E-state index is 0.00946. The summed E-state index contributed by atoms with van der Waals surface area (Å²) in [6.45, 7) is 2.77. The number of amides is 1. The first-order valence-corrected chi connectivity index (χ1v) is 11.5. The quantitative estimate of drug-likeness (QED) is 0.552. The maximum absolute atomic E-state index is 13.0. The van der Waals surface area contributed by atoms with Gasteiger partial charge in [-0.2, -0.15) is 0 Å². The van der Waals surface area contributed by atoms with Gasteiger partial charge in [0.1, 0.15) is 16.9 Å². The van der Waals surface area contributed by atoms with Gasteiger partial charge in [-0.15, -0.1) is 11.3 Å². The number of hydrogen-bond donors (Lipinski definition) is 2. The van der Waals surface area contributed by atoms with Gasteiger partial charge in [0.25, 0.3) is 5.91 Å². The molecule has 154 valence electrons. The smallest absolute Gasteiger partial charge is 0.256 e. The van der Waals surface area contributed by atoms with Gasteiger partial charge in [0, 0.05) is 34.5 Å². The van der Waals surface area contributed by atoms with Crippen LogP contribution in [-0.4, -0.2) is 24.5 Å². The van der Waals surface area contributed by atoms with Gasteiger partial charge in [-0.25, -0.2) is 0 Å². The summed E-state index contributed by atoms with van der Waals surface area (Å²) in [5.41, 5.74) is 4.24. The molecule has 0 fully saturated rings. The molecule has 3 aromatic rings. The zero-order valence-corrected chi connectivity index (χ0v) is 19.0. The predicted molar refractivity (Wildman–Crippen MR) is 123 cm³/mol. The topological polar surface area (TPSA) is 53.6 Å². The first-order valence-electron chi connectivity index (χ1n) is 9.94. The standard InChI is InChI=1S/C23H22BrN3O2S/c1-29-18-8-7-15(24)11-17(18)21-25-22(28)20-16-9-10-27(12-14-5-3-2-4-6-14)13-19(16)30-23(20)26-21/h2-8,11,21,26H,9-10,12-13H2,1H3,(H,25,28)/t21-/m0/s1. The highest BCUT2D eigenvalue weighted by Crippen LogP contribution is 2.42. The Morgan fingerprint density at radius 3 is 2.83 bits per heavy atom. The average Bonchev–Trinajstić information content (AvgIpc) is 3.12. The Balaban J connectivity index is 1.41. The summed E-state index contributed by atoms with van der Waals surface area (Å²) in [5, 5.41) is 7.61. The van der Waals surface area contributed by atoms with Crippen LogP contribution in [0.2, 0.25) is 0 Å². The summed E-state index contributed by atoms with van der Waals surface area (Å²) in [5.74, 6) is 0.736. The van der Waals surface area contributed by atoms with E-state index >= 15 is 0 Å². The molecule has 7 heteroatoms. The Morgan fingerprint density at radius 2 is 2.03 bits per heavy atom. The number of ether oxygens (including phenoxy) is 1. The number of rotatable bonds is 4. The molecule has 2 aliphatic rings. The van der Waals surface area contributed by atoms with E-state index in [1.165, 1.54) is 16.0 Å². The maximum Gasteiger partial charge on any atom is 0.256 e. The second kappa shape index (κ2) is 8.06. The van der Waals surface area contributed by atoms with Gasteiger partial charge in [0.2, 0.25) is 0 Å². The second-order valence-corrected chi connectivity index (χ2v) is 9.61. The first-order chi connectivity index (χ1) is 14.6. The molecular weight excluding hydrogens is 462 g/mol.